The molecular weight excluding hydrogens is 230 g/mol. The van der Waals surface area contributed by atoms with E-state index in [2.05, 4.69) is 5.32 Å². The molecule has 3 aliphatic rings. The van der Waals surface area contributed by atoms with E-state index in [4.69, 9.17) is 18.9 Å². The third-order valence-electron chi connectivity index (χ3n) is 3.02. The number of hydrogen-bond donors (Lipinski definition) is 1. The number of nitrogens with one attached hydrogen (secondary N) is 1. The molecule has 3 saturated heterocycles. The molecule has 0 aromatic carbocycles. The fraction of sp³-hybridized carbons (Fsp3) is 0.800. The van der Waals surface area contributed by atoms with Crippen LogP contribution < -0.4 is 5.32 Å². The molecule has 3 aliphatic heterocycles. The van der Waals surface area contributed by atoms with Gasteiger partial charge in [-0.3, -0.25) is 4.79 Å². The summed E-state index contributed by atoms with van der Waals surface area (Å²) in [6.45, 7) is 3.63. The summed E-state index contributed by atoms with van der Waals surface area (Å²) >= 11 is 0. The predicted molar refractivity (Wildman–Crippen MR) is 52.0 cm³/mol. The number of alkyl carbamates (subject to hydrolysis) is 1. The lowest BCUT2D eigenvalue weighted by molar-refractivity contribution is -0.218. The van der Waals surface area contributed by atoms with Gasteiger partial charge in [0, 0.05) is 0 Å². The molecule has 3 rings (SSSR count). The molecule has 94 valence electrons. The molecule has 0 aliphatic carbocycles. The molecule has 0 unspecified atom stereocenters. The van der Waals surface area contributed by atoms with Crippen LogP contribution in [0.3, 0.4) is 0 Å². The summed E-state index contributed by atoms with van der Waals surface area (Å²) < 4.78 is 21.3. The Morgan fingerprint density at radius 3 is 2.71 bits per heavy atom. The highest BCUT2D eigenvalue weighted by Crippen LogP contribution is 2.37. The second-order valence-corrected chi connectivity index (χ2v) is 4.77. The Balaban J connectivity index is 1.85. The third kappa shape index (κ3) is 1.54. The fourth-order valence-electron chi connectivity index (χ4n) is 2.31. The number of carbonyl (C=O) groups is 2. The molecule has 1 amide bonds. The summed E-state index contributed by atoms with van der Waals surface area (Å²) in [6, 6.07) is 0. The number of fused-ring (bicyclic) bond motifs is 1. The van der Waals surface area contributed by atoms with Crippen molar-refractivity contribution in [2.75, 3.05) is 13.2 Å². The first-order chi connectivity index (χ1) is 7.92. The van der Waals surface area contributed by atoms with E-state index in [-0.39, 0.29) is 13.2 Å². The SMILES string of the molecule is CC1(C)O[C@@H]2CO[C@]3(CNC(=O)O3)C(=O)[C@@H]2O1. The van der Waals surface area contributed by atoms with Crippen LogP contribution in [0.2, 0.25) is 0 Å². The number of amides is 1. The molecule has 1 N–H and O–H groups in total. The number of Topliss-reactive ketones (excluding diaryl/α,β-unsaturated/α-hetero) is 1. The summed E-state index contributed by atoms with van der Waals surface area (Å²) in [6.07, 6.45) is -1.84. The Morgan fingerprint density at radius 1 is 1.29 bits per heavy atom. The number of ketones is 1. The summed E-state index contributed by atoms with van der Waals surface area (Å²) in [7, 11) is 0. The molecule has 1 spiro atoms. The minimum atomic E-state index is -1.54. The van der Waals surface area contributed by atoms with Crippen molar-refractivity contribution in [2.24, 2.45) is 0 Å². The van der Waals surface area contributed by atoms with Gasteiger partial charge < -0.3 is 24.3 Å². The van der Waals surface area contributed by atoms with Gasteiger partial charge in [-0.05, 0) is 13.8 Å². The van der Waals surface area contributed by atoms with Crippen LogP contribution in [0.5, 0.6) is 0 Å². The largest absolute Gasteiger partial charge is 0.410 e. The normalized spacial score (nSPS) is 43.4. The maximum Gasteiger partial charge on any atom is 0.410 e. The van der Waals surface area contributed by atoms with Gasteiger partial charge in [-0.2, -0.15) is 0 Å². The van der Waals surface area contributed by atoms with E-state index in [0.29, 0.717) is 0 Å². The molecule has 7 nitrogen and oxygen atoms in total. The number of hydrogen-bond acceptors (Lipinski definition) is 6. The molecule has 3 atom stereocenters. The molecule has 3 fully saturated rings. The lowest BCUT2D eigenvalue weighted by atomic mass is 9.99. The van der Waals surface area contributed by atoms with E-state index in [1.165, 1.54) is 0 Å². The zero-order valence-electron chi connectivity index (χ0n) is 9.52. The van der Waals surface area contributed by atoms with Gasteiger partial charge in [0.25, 0.3) is 5.79 Å². The Morgan fingerprint density at radius 2 is 2.06 bits per heavy atom. The second-order valence-electron chi connectivity index (χ2n) is 4.77. The van der Waals surface area contributed by atoms with Crippen LogP contribution >= 0.6 is 0 Å². The highest BCUT2D eigenvalue weighted by molar-refractivity contribution is 5.95. The van der Waals surface area contributed by atoms with E-state index < -0.39 is 35.7 Å². The first-order valence-electron chi connectivity index (χ1n) is 5.43. The standard InChI is InChI=1S/C10H13NO6/c1-9(2)15-5-3-14-10(4-11-8(13)17-10)7(12)6(5)16-9/h5-6H,3-4H2,1-2H3,(H,11,13)/t5-,6-,10+/m1/s1. The Hall–Kier alpha value is -1.18. The van der Waals surface area contributed by atoms with Crippen molar-refractivity contribution < 1.29 is 28.5 Å². The zero-order valence-corrected chi connectivity index (χ0v) is 9.52. The minimum Gasteiger partial charge on any atom is -0.407 e. The Labute approximate surface area is 97.3 Å². The predicted octanol–water partition coefficient (Wildman–Crippen LogP) is -0.458. The molecule has 0 bridgehead atoms. The van der Waals surface area contributed by atoms with Crippen LogP contribution in [0.25, 0.3) is 0 Å². The van der Waals surface area contributed by atoms with Crippen molar-refractivity contribution in [3.8, 4) is 0 Å². The van der Waals surface area contributed by atoms with Gasteiger partial charge in [0.15, 0.2) is 11.9 Å². The first kappa shape index (κ1) is 10.9. The van der Waals surface area contributed by atoms with Crippen molar-refractivity contribution >= 4 is 11.9 Å². The first-order valence-corrected chi connectivity index (χ1v) is 5.43. The second kappa shape index (κ2) is 3.18. The summed E-state index contributed by atoms with van der Waals surface area (Å²) in [5.74, 6) is -2.77. The maximum absolute atomic E-state index is 12.2. The van der Waals surface area contributed by atoms with Crippen LogP contribution in [-0.2, 0) is 23.7 Å². The van der Waals surface area contributed by atoms with E-state index in [1.54, 1.807) is 13.8 Å². The summed E-state index contributed by atoms with van der Waals surface area (Å²) in [4.78, 5) is 23.3. The van der Waals surface area contributed by atoms with Gasteiger partial charge in [0.1, 0.15) is 6.10 Å². The molecule has 0 aromatic heterocycles. The Kier molecular flexibility index (Phi) is 2.05. The molecule has 17 heavy (non-hydrogen) atoms. The van der Waals surface area contributed by atoms with Gasteiger partial charge in [0.2, 0.25) is 5.78 Å². The Bertz CT molecular complexity index is 394. The quantitative estimate of drug-likeness (QED) is 0.620. The van der Waals surface area contributed by atoms with Gasteiger partial charge in [0.05, 0.1) is 13.2 Å². The highest BCUT2D eigenvalue weighted by atomic mass is 16.8. The zero-order chi connectivity index (χ0) is 12.3. The van der Waals surface area contributed by atoms with E-state index in [0.717, 1.165) is 0 Å². The van der Waals surface area contributed by atoms with Crippen molar-refractivity contribution in [3.63, 3.8) is 0 Å². The van der Waals surface area contributed by atoms with Gasteiger partial charge in [-0.25, -0.2) is 4.79 Å². The molecule has 0 radical (unpaired) electrons. The van der Waals surface area contributed by atoms with Crippen LogP contribution in [0, 0.1) is 0 Å². The molecule has 0 saturated carbocycles. The molecule has 0 aromatic rings. The van der Waals surface area contributed by atoms with E-state index in [1.807, 2.05) is 0 Å². The number of rotatable bonds is 0. The van der Waals surface area contributed by atoms with Crippen LogP contribution in [0.15, 0.2) is 0 Å². The molecule has 7 heteroatoms. The van der Waals surface area contributed by atoms with Crippen molar-refractivity contribution in [3.05, 3.63) is 0 Å². The van der Waals surface area contributed by atoms with Crippen LogP contribution in [-0.4, -0.2) is 48.8 Å². The lowest BCUT2D eigenvalue weighted by Crippen LogP contribution is -2.58. The van der Waals surface area contributed by atoms with E-state index in [9.17, 15) is 9.59 Å². The van der Waals surface area contributed by atoms with Crippen molar-refractivity contribution in [1.82, 2.24) is 5.32 Å². The number of ether oxygens (including phenoxy) is 4. The van der Waals surface area contributed by atoms with E-state index >= 15 is 0 Å². The highest BCUT2D eigenvalue weighted by Gasteiger charge is 2.61. The van der Waals surface area contributed by atoms with Gasteiger partial charge in [-0.1, -0.05) is 0 Å². The topological polar surface area (TPSA) is 83.1 Å². The fourth-order valence-corrected chi connectivity index (χ4v) is 2.31. The molecular formula is C10H13NO6. The lowest BCUT2D eigenvalue weighted by Gasteiger charge is -2.33. The van der Waals surface area contributed by atoms with Crippen molar-refractivity contribution in [1.29, 1.82) is 0 Å². The average Bonchev–Trinajstić information content (AvgIpc) is 2.75. The molecule has 3 heterocycles. The maximum atomic E-state index is 12.2. The monoisotopic (exact) mass is 243 g/mol. The van der Waals surface area contributed by atoms with Crippen LogP contribution in [0.4, 0.5) is 4.79 Å². The third-order valence-corrected chi connectivity index (χ3v) is 3.02. The summed E-state index contributed by atoms with van der Waals surface area (Å²) in [5.41, 5.74) is 0. The minimum absolute atomic E-state index is 0.0116. The van der Waals surface area contributed by atoms with Gasteiger partial charge in [-0.15, -0.1) is 0 Å². The van der Waals surface area contributed by atoms with Crippen molar-refractivity contribution in [2.45, 2.75) is 37.6 Å². The summed E-state index contributed by atoms with van der Waals surface area (Å²) in [5, 5.41) is 2.41. The number of carbonyl (C=O) groups excluding carboxylic acids is 2. The smallest absolute Gasteiger partial charge is 0.407 e. The van der Waals surface area contributed by atoms with Crippen LogP contribution in [0.1, 0.15) is 13.8 Å². The average molecular weight is 243 g/mol. The van der Waals surface area contributed by atoms with Gasteiger partial charge >= 0.3 is 6.09 Å².